The number of nitrogens with one attached hydrogen (secondary N) is 2. The molecule has 10 nitrogen and oxygen atoms in total. The van der Waals surface area contributed by atoms with Crippen molar-refractivity contribution in [2.24, 2.45) is 0 Å². The summed E-state index contributed by atoms with van der Waals surface area (Å²) in [4.78, 5) is 37.4. The van der Waals surface area contributed by atoms with Crippen LogP contribution in [0.25, 0.3) is 22.2 Å². The number of benzene rings is 1. The van der Waals surface area contributed by atoms with E-state index in [1.165, 1.54) is 0 Å². The van der Waals surface area contributed by atoms with Gasteiger partial charge in [0.2, 0.25) is 17.6 Å². The monoisotopic (exact) mass is 516 g/mol. The van der Waals surface area contributed by atoms with E-state index >= 15 is 0 Å². The number of pyridine rings is 1. The molecule has 1 amide bonds. The molecule has 0 saturated heterocycles. The average Bonchev–Trinajstić information content (AvgIpc) is 3.47. The fourth-order valence-electron chi connectivity index (χ4n) is 3.29. The van der Waals surface area contributed by atoms with Crippen molar-refractivity contribution in [3.05, 3.63) is 46.9 Å². The van der Waals surface area contributed by atoms with Gasteiger partial charge in [-0.25, -0.2) is 23.5 Å². The molecule has 4 rings (SSSR count). The third-order valence-electron chi connectivity index (χ3n) is 5.04. The Hall–Kier alpha value is -4.00. The molecule has 0 spiro atoms. The number of fused-ring (bicyclic) bond motifs is 1. The second kappa shape index (κ2) is 11.2. The molecule has 13 heteroatoms. The zero-order valence-electron chi connectivity index (χ0n) is 19.4. The van der Waals surface area contributed by atoms with Gasteiger partial charge < -0.3 is 19.9 Å². The number of halogens is 2. The summed E-state index contributed by atoms with van der Waals surface area (Å²) in [6.45, 7) is 1.28. The Morgan fingerprint density at radius 3 is 2.69 bits per heavy atom. The van der Waals surface area contributed by atoms with Crippen molar-refractivity contribution in [1.82, 2.24) is 20.1 Å². The van der Waals surface area contributed by atoms with E-state index in [0.29, 0.717) is 23.2 Å². The van der Waals surface area contributed by atoms with Crippen molar-refractivity contribution in [3.8, 4) is 11.4 Å². The highest BCUT2D eigenvalue weighted by Gasteiger charge is 2.22. The van der Waals surface area contributed by atoms with Crippen molar-refractivity contribution in [3.63, 3.8) is 0 Å². The van der Waals surface area contributed by atoms with Crippen LogP contribution in [-0.4, -0.2) is 58.0 Å². The third-order valence-corrected chi connectivity index (χ3v) is 6.10. The van der Waals surface area contributed by atoms with E-state index < -0.39 is 25.4 Å². The summed E-state index contributed by atoms with van der Waals surface area (Å²) in [5.41, 5.74) is 1.06. The molecule has 0 aliphatic carbocycles. The van der Waals surface area contributed by atoms with Gasteiger partial charge in [-0.15, -0.1) is 0 Å². The molecule has 3 aromatic heterocycles. The van der Waals surface area contributed by atoms with Crippen molar-refractivity contribution in [1.29, 1.82) is 0 Å². The highest BCUT2D eigenvalue weighted by atomic mass is 32.1. The van der Waals surface area contributed by atoms with E-state index in [4.69, 9.17) is 9.26 Å². The van der Waals surface area contributed by atoms with Crippen LogP contribution in [0.4, 0.5) is 19.7 Å². The maximum atomic E-state index is 12.6. The maximum absolute atomic E-state index is 12.6. The van der Waals surface area contributed by atoms with Crippen LogP contribution < -0.4 is 10.6 Å². The largest absolute Gasteiger partial charge is 0.453 e. The first-order chi connectivity index (χ1) is 17.4. The number of esters is 1. The molecule has 0 radical (unpaired) electrons. The van der Waals surface area contributed by atoms with Gasteiger partial charge in [-0.1, -0.05) is 28.6 Å². The summed E-state index contributed by atoms with van der Waals surface area (Å²) >= 11 is 0.877. The Morgan fingerprint density at radius 2 is 1.97 bits per heavy atom. The Labute approximate surface area is 208 Å². The molecule has 2 N–H and O–H groups in total. The van der Waals surface area contributed by atoms with E-state index in [0.717, 1.165) is 27.7 Å². The highest BCUT2D eigenvalue weighted by Crippen LogP contribution is 2.27. The zero-order chi connectivity index (χ0) is 25.7. The van der Waals surface area contributed by atoms with Crippen molar-refractivity contribution in [2.45, 2.75) is 26.4 Å². The SMILES string of the molecule is Cc1nc(-c2ccc3ccnc(NCCC(=O)Nc4nc(C)c(C(=O)OC(CF)CF)s4)c3c2)no1. The van der Waals surface area contributed by atoms with E-state index in [1.807, 2.05) is 24.3 Å². The van der Waals surface area contributed by atoms with Crippen LogP contribution in [0.5, 0.6) is 0 Å². The number of hydrogen-bond acceptors (Lipinski definition) is 10. The lowest BCUT2D eigenvalue weighted by Crippen LogP contribution is -2.22. The third kappa shape index (κ3) is 5.79. The quantitative estimate of drug-likeness (QED) is 0.297. The van der Waals surface area contributed by atoms with E-state index in [2.05, 4.69) is 30.7 Å². The van der Waals surface area contributed by atoms with Crippen molar-refractivity contribution < 1.29 is 27.6 Å². The standard InChI is InChI=1S/C23H22F2N6O4S/c1-12-19(22(33)34-16(10-24)11-25)36-23(28-12)30-18(32)6-8-27-21-17-9-15(20-29-13(2)35-31-20)4-3-14(17)5-7-26-21/h3-5,7,9,16H,6,8,10-11H2,1-2H3,(H,26,27)(H,28,30,32). The van der Waals surface area contributed by atoms with Crippen LogP contribution >= 0.6 is 11.3 Å². The minimum absolute atomic E-state index is 0.0721. The number of hydrogen-bond donors (Lipinski definition) is 2. The number of nitrogens with zero attached hydrogens (tertiary/aromatic N) is 4. The van der Waals surface area contributed by atoms with Gasteiger partial charge in [0.05, 0.1) is 5.69 Å². The molecule has 0 aliphatic heterocycles. The lowest BCUT2D eigenvalue weighted by molar-refractivity contribution is -0.115. The Morgan fingerprint density at radius 1 is 1.17 bits per heavy atom. The highest BCUT2D eigenvalue weighted by molar-refractivity contribution is 7.17. The van der Waals surface area contributed by atoms with Gasteiger partial charge in [-0.3, -0.25) is 4.79 Å². The molecule has 4 aromatic rings. The van der Waals surface area contributed by atoms with E-state index in [-0.39, 0.29) is 28.9 Å². The minimum Gasteiger partial charge on any atom is -0.453 e. The van der Waals surface area contributed by atoms with Gasteiger partial charge in [-0.2, -0.15) is 4.98 Å². The average molecular weight is 517 g/mol. The van der Waals surface area contributed by atoms with Crippen molar-refractivity contribution >= 4 is 44.9 Å². The Bertz CT molecular complexity index is 1390. The molecule has 0 unspecified atom stereocenters. The number of carbonyl (C=O) groups is 2. The van der Waals surface area contributed by atoms with Crippen LogP contribution in [0, 0.1) is 13.8 Å². The van der Waals surface area contributed by atoms with Gasteiger partial charge in [0.15, 0.2) is 11.2 Å². The minimum atomic E-state index is -1.46. The lowest BCUT2D eigenvalue weighted by atomic mass is 10.1. The van der Waals surface area contributed by atoms with Crippen LogP contribution in [0.15, 0.2) is 35.0 Å². The predicted octanol–water partition coefficient (Wildman–Crippen LogP) is 4.26. The molecule has 0 aliphatic rings. The second-order valence-corrected chi connectivity index (χ2v) is 8.73. The zero-order valence-corrected chi connectivity index (χ0v) is 20.2. The van der Waals surface area contributed by atoms with Gasteiger partial charge in [0, 0.05) is 37.0 Å². The van der Waals surface area contributed by atoms with Gasteiger partial charge >= 0.3 is 5.97 Å². The van der Waals surface area contributed by atoms with Crippen molar-refractivity contribution in [2.75, 3.05) is 30.5 Å². The molecule has 1 aromatic carbocycles. The Balaban J connectivity index is 1.37. The number of carbonyl (C=O) groups excluding carboxylic acids is 2. The number of anilines is 2. The number of ether oxygens (including phenoxy) is 1. The molecule has 0 fully saturated rings. The van der Waals surface area contributed by atoms with Crippen LogP contribution in [0.1, 0.15) is 27.7 Å². The number of aromatic nitrogens is 4. The molecule has 0 saturated carbocycles. The summed E-state index contributed by atoms with van der Waals surface area (Å²) < 4.78 is 35.1. The van der Waals surface area contributed by atoms with Crippen LogP contribution in [0.3, 0.4) is 0 Å². The summed E-state index contributed by atoms with van der Waals surface area (Å²) in [5, 5.41) is 11.7. The maximum Gasteiger partial charge on any atom is 0.350 e. The van der Waals surface area contributed by atoms with Gasteiger partial charge in [0.1, 0.15) is 24.0 Å². The van der Waals surface area contributed by atoms with Gasteiger partial charge in [0.25, 0.3) is 0 Å². The van der Waals surface area contributed by atoms with E-state index in [1.54, 1.807) is 20.0 Å². The van der Waals surface area contributed by atoms with Gasteiger partial charge in [-0.05, 0) is 24.4 Å². The number of aryl methyl sites for hydroxylation is 2. The van der Waals surface area contributed by atoms with Crippen LogP contribution in [-0.2, 0) is 9.53 Å². The molecule has 36 heavy (non-hydrogen) atoms. The summed E-state index contributed by atoms with van der Waals surface area (Å²) in [6.07, 6.45) is 0.294. The Kier molecular flexibility index (Phi) is 7.78. The van der Waals surface area contributed by atoms with Crippen LogP contribution in [0.2, 0.25) is 0 Å². The van der Waals surface area contributed by atoms with E-state index in [9.17, 15) is 18.4 Å². The first-order valence-corrected chi connectivity index (χ1v) is 11.7. The molecule has 188 valence electrons. The summed E-state index contributed by atoms with van der Waals surface area (Å²) in [5.74, 6) is 0.293. The fourth-order valence-corrected chi connectivity index (χ4v) is 4.15. The number of amides is 1. The topological polar surface area (TPSA) is 132 Å². The second-order valence-electron chi connectivity index (χ2n) is 7.73. The summed E-state index contributed by atoms with van der Waals surface area (Å²) in [7, 11) is 0. The number of alkyl halides is 2. The number of rotatable bonds is 10. The first-order valence-electron chi connectivity index (χ1n) is 10.9. The normalized spacial score (nSPS) is 11.1. The molecular formula is C23H22F2N6O4S. The lowest BCUT2D eigenvalue weighted by Gasteiger charge is -2.09. The smallest absolute Gasteiger partial charge is 0.350 e. The summed E-state index contributed by atoms with van der Waals surface area (Å²) in [6, 6.07) is 7.57. The first kappa shape index (κ1) is 25.1. The molecular weight excluding hydrogens is 494 g/mol. The molecule has 0 bridgehead atoms. The number of thiazole rings is 1. The molecule has 0 atom stereocenters. The fraction of sp³-hybridized carbons (Fsp3) is 0.304. The predicted molar refractivity (Wildman–Crippen MR) is 130 cm³/mol. The molecule has 3 heterocycles.